The quantitative estimate of drug-likeness (QED) is 0.700. The first kappa shape index (κ1) is 12.8. The van der Waals surface area contributed by atoms with Crippen molar-refractivity contribution in [2.24, 2.45) is 0 Å². The van der Waals surface area contributed by atoms with Gasteiger partial charge < -0.3 is 18.3 Å². The molecule has 0 radical (unpaired) electrons. The molecular weight excluding hydrogens is 242 g/mol. The molecule has 7 nitrogen and oxygen atoms in total. The molecule has 1 atom stereocenters. The molecule has 1 aromatic rings. The molecule has 1 aliphatic heterocycles. The molecule has 0 amide bonds. The van der Waals surface area contributed by atoms with Gasteiger partial charge in [0.05, 0.1) is 13.2 Å². The maximum Gasteiger partial charge on any atom is 0.519 e. The minimum absolute atomic E-state index is 0.110. The molecule has 0 aliphatic carbocycles. The predicted octanol–water partition coefficient (Wildman–Crippen LogP) is -0.0850. The van der Waals surface area contributed by atoms with Gasteiger partial charge in [-0.1, -0.05) is 0 Å². The van der Waals surface area contributed by atoms with E-state index in [1.54, 1.807) is 6.92 Å². The van der Waals surface area contributed by atoms with Crippen LogP contribution in [0.2, 0.25) is 0 Å². The Balaban J connectivity index is 1.91. The van der Waals surface area contributed by atoms with Crippen LogP contribution in [0.3, 0.4) is 0 Å². The van der Waals surface area contributed by atoms with E-state index in [9.17, 15) is 9.59 Å². The van der Waals surface area contributed by atoms with Crippen molar-refractivity contribution < 1.29 is 23.1 Å². The van der Waals surface area contributed by atoms with Gasteiger partial charge in [-0.15, -0.1) is 0 Å². The SMILES string of the molecule is Cc1oc(=O)oc1COC(=O)[C@H]1COCCN1C. The molecule has 18 heavy (non-hydrogen) atoms. The van der Waals surface area contributed by atoms with Crippen molar-refractivity contribution in [3.05, 3.63) is 22.1 Å². The Morgan fingerprint density at radius 3 is 2.89 bits per heavy atom. The number of hydrogen-bond acceptors (Lipinski definition) is 7. The molecule has 2 heterocycles. The lowest BCUT2D eigenvalue weighted by Crippen LogP contribution is -2.48. The lowest BCUT2D eigenvalue weighted by molar-refractivity contribution is -0.157. The highest BCUT2D eigenvalue weighted by molar-refractivity contribution is 5.76. The Bertz CT molecular complexity index is 476. The normalized spacial score (nSPS) is 20.9. The molecule has 2 rings (SSSR count). The fourth-order valence-corrected chi connectivity index (χ4v) is 1.67. The van der Waals surface area contributed by atoms with Crippen molar-refractivity contribution in [1.82, 2.24) is 4.90 Å². The van der Waals surface area contributed by atoms with Crippen LogP contribution >= 0.6 is 0 Å². The maximum absolute atomic E-state index is 11.8. The van der Waals surface area contributed by atoms with Crippen LogP contribution < -0.4 is 5.82 Å². The zero-order valence-electron chi connectivity index (χ0n) is 10.3. The second-order valence-electron chi connectivity index (χ2n) is 4.11. The first-order valence-corrected chi connectivity index (χ1v) is 5.62. The first-order valence-electron chi connectivity index (χ1n) is 5.62. The molecule has 7 heteroatoms. The summed E-state index contributed by atoms with van der Waals surface area (Å²) in [6, 6.07) is -0.419. The van der Waals surface area contributed by atoms with Gasteiger partial charge in [0.15, 0.2) is 18.1 Å². The maximum atomic E-state index is 11.8. The average Bonchev–Trinajstić information content (AvgIpc) is 2.65. The number of hydrogen-bond donors (Lipinski definition) is 0. The number of carbonyl (C=O) groups is 1. The number of likely N-dealkylation sites (N-methyl/N-ethyl adjacent to an activating group) is 1. The number of carbonyl (C=O) groups excluding carboxylic acids is 1. The monoisotopic (exact) mass is 257 g/mol. The summed E-state index contributed by atoms with van der Waals surface area (Å²) in [5, 5.41) is 0. The number of morpholine rings is 1. The molecule has 0 unspecified atom stereocenters. The highest BCUT2D eigenvalue weighted by Gasteiger charge is 2.28. The molecule has 100 valence electrons. The molecule has 1 aromatic heterocycles. The summed E-state index contributed by atoms with van der Waals surface area (Å²) in [7, 11) is 1.83. The van der Waals surface area contributed by atoms with Gasteiger partial charge in [-0.25, -0.2) is 4.79 Å². The first-order chi connectivity index (χ1) is 8.58. The van der Waals surface area contributed by atoms with Crippen LogP contribution in [0.5, 0.6) is 0 Å². The number of ether oxygens (including phenoxy) is 2. The minimum Gasteiger partial charge on any atom is -0.456 e. The summed E-state index contributed by atoms with van der Waals surface area (Å²) in [4.78, 5) is 24.5. The van der Waals surface area contributed by atoms with Gasteiger partial charge in [0.1, 0.15) is 6.04 Å². The number of rotatable bonds is 3. The van der Waals surface area contributed by atoms with E-state index in [1.165, 1.54) is 0 Å². The molecule has 1 saturated heterocycles. The van der Waals surface area contributed by atoms with Crippen molar-refractivity contribution >= 4 is 5.97 Å². The summed E-state index contributed by atoms with van der Waals surface area (Å²) in [6.07, 6.45) is 0. The molecule has 1 aliphatic rings. The van der Waals surface area contributed by atoms with Crippen LogP contribution in [0.25, 0.3) is 0 Å². The zero-order chi connectivity index (χ0) is 13.1. The third-order valence-corrected chi connectivity index (χ3v) is 2.85. The molecular formula is C11H15NO6. The Morgan fingerprint density at radius 1 is 1.50 bits per heavy atom. The van der Waals surface area contributed by atoms with Crippen LogP contribution in [-0.4, -0.2) is 43.7 Å². The van der Waals surface area contributed by atoms with E-state index in [2.05, 4.69) is 4.42 Å². The summed E-state index contributed by atoms with van der Waals surface area (Å²) in [5.41, 5.74) is 0. The van der Waals surface area contributed by atoms with Crippen LogP contribution in [0.1, 0.15) is 11.5 Å². The minimum atomic E-state index is -0.795. The van der Waals surface area contributed by atoms with E-state index in [0.29, 0.717) is 25.5 Å². The summed E-state index contributed by atoms with van der Waals surface area (Å²) in [5.74, 6) is -0.647. The fraction of sp³-hybridized carbons (Fsp3) is 0.636. The summed E-state index contributed by atoms with van der Waals surface area (Å²) < 4.78 is 19.7. The van der Waals surface area contributed by atoms with Crippen molar-refractivity contribution in [2.75, 3.05) is 26.8 Å². The van der Waals surface area contributed by atoms with E-state index in [-0.39, 0.29) is 12.4 Å². The van der Waals surface area contributed by atoms with Gasteiger partial charge in [-0.3, -0.25) is 9.69 Å². The van der Waals surface area contributed by atoms with Crippen molar-refractivity contribution in [1.29, 1.82) is 0 Å². The Hall–Kier alpha value is -1.60. The van der Waals surface area contributed by atoms with Crippen LogP contribution in [-0.2, 0) is 20.9 Å². The van der Waals surface area contributed by atoms with E-state index in [4.69, 9.17) is 13.9 Å². The number of aryl methyl sites for hydroxylation is 1. The molecule has 0 bridgehead atoms. The summed E-state index contributed by atoms with van der Waals surface area (Å²) in [6.45, 7) is 3.06. The Morgan fingerprint density at radius 2 is 2.28 bits per heavy atom. The van der Waals surface area contributed by atoms with Crippen LogP contribution in [0, 0.1) is 6.92 Å². The van der Waals surface area contributed by atoms with E-state index in [0.717, 1.165) is 0 Å². The van der Waals surface area contributed by atoms with Crippen molar-refractivity contribution in [2.45, 2.75) is 19.6 Å². The van der Waals surface area contributed by atoms with Gasteiger partial charge in [-0.05, 0) is 14.0 Å². The molecule has 1 fully saturated rings. The molecule has 0 spiro atoms. The average molecular weight is 257 g/mol. The van der Waals surface area contributed by atoms with Gasteiger partial charge in [0.2, 0.25) is 0 Å². The van der Waals surface area contributed by atoms with Gasteiger partial charge >= 0.3 is 11.8 Å². The third kappa shape index (κ3) is 2.80. The van der Waals surface area contributed by atoms with Crippen LogP contribution in [0.15, 0.2) is 13.6 Å². The number of esters is 1. The molecule has 0 N–H and O–H groups in total. The fourth-order valence-electron chi connectivity index (χ4n) is 1.67. The van der Waals surface area contributed by atoms with Gasteiger partial charge in [0.25, 0.3) is 0 Å². The molecule has 0 aromatic carbocycles. The molecule has 0 saturated carbocycles. The van der Waals surface area contributed by atoms with Crippen LogP contribution in [0.4, 0.5) is 0 Å². The summed E-state index contributed by atoms with van der Waals surface area (Å²) >= 11 is 0. The lowest BCUT2D eigenvalue weighted by atomic mass is 10.2. The Labute approximate surface area is 103 Å². The smallest absolute Gasteiger partial charge is 0.456 e. The number of nitrogens with zero attached hydrogens (tertiary/aromatic N) is 1. The lowest BCUT2D eigenvalue weighted by Gasteiger charge is -2.30. The Kier molecular flexibility index (Phi) is 3.83. The highest BCUT2D eigenvalue weighted by atomic mass is 16.6. The van der Waals surface area contributed by atoms with Crippen molar-refractivity contribution in [3.8, 4) is 0 Å². The predicted molar refractivity (Wildman–Crippen MR) is 59.0 cm³/mol. The second-order valence-corrected chi connectivity index (χ2v) is 4.11. The second kappa shape index (κ2) is 5.36. The van der Waals surface area contributed by atoms with Crippen molar-refractivity contribution in [3.63, 3.8) is 0 Å². The van der Waals surface area contributed by atoms with E-state index >= 15 is 0 Å². The zero-order valence-corrected chi connectivity index (χ0v) is 10.3. The van der Waals surface area contributed by atoms with E-state index in [1.807, 2.05) is 11.9 Å². The largest absolute Gasteiger partial charge is 0.519 e. The standard InChI is InChI=1S/C11H15NO6/c1-7-9(18-11(14)17-7)6-16-10(13)8-5-15-4-3-12(8)2/h8H,3-6H2,1-2H3/t8-/m1/s1. The van der Waals surface area contributed by atoms with Gasteiger partial charge in [0, 0.05) is 6.54 Å². The van der Waals surface area contributed by atoms with Gasteiger partial charge in [-0.2, -0.15) is 0 Å². The highest BCUT2D eigenvalue weighted by Crippen LogP contribution is 2.10. The topological polar surface area (TPSA) is 82.1 Å². The third-order valence-electron chi connectivity index (χ3n) is 2.85. The van der Waals surface area contributed by atoms with E-state index < -0.39 is 17.8 Å².